The van der Waals surface area contributed by atoms with Gasteiger partial charge in [0.15, 0.2) is 0 Å². The van der Waals surface area contributed by atoms with Gasteiger partial charge >= 0.3 is 6.09 Å². The molecule has 0 atom stereocenters. The Bertz CT molecular complexity index is 2070. The lowest BCUT2D eigenvalue weighted by Crippen LogP contribution is -2.61. The Morgan fingerprint density at radius 3 is 2.11 bits per heavy atom. The number of aromatic nitrogens is 3. The molecule has 55 heavy (non-hydrogen) atoms. The van der Waals surface area contributed by atoms with Crippen molar-refractivity contribution in [2.45, 2.75) is 65.3 Å². The average molecular weight is 743 g/mol. The highest BCUT2D eigenvalue weighted by Crippen LogP contribution is 2.42. The number of fused-ring (bicyclic) bond motifs is 1. The number of ether oxygens (including phenoxy) is 3. The fourth-order valence-electron chi connectivity index (χ4n) is 8.58. The molecule has 1 spiro atoms. The van der Waals surface area contributed by atoms with Crippen LogP contribution in [0, 0.1) is 11.3 Å². The number of hydrogen-bond donors (Lipinski definition) is 0. The van der Waals surface area contributed by atoms with Crippen molar-refractivity contribution in [2.75, 3.05) is 50.7 Å². The number of anilines is 1. The van der Waals surface area contributed by atoms with Gasteiger partial charge in [-0.1, -0.05) is 72.8 Å². The maximum atomic E-state index is 12.6. The fourth-order valence-corrected chi connectivity index (χ4v) is 8.58. The number of hydrogen-bond acceptors (Lipinski definition) is 8. The van der Waals surface area contributed by atoms with Gasteiger partial charge in [0.2, 0.25) is 11.8 Å². The highest BCUT2D eigenvalue weighted by Gasteiger charge is 2.46. The molecule has 2 aromatic heterocycles. The van der Waals surface area contributed by atoms with Crippen LogP contribution in [-0.2, 0) is 25.0 Å². The molecule has 0 unspecified atom stereocenters. The van der Waals surface area contributed by atoms with Gasteiger partial charge in [-0.05, 0) is 81.0 Å². The number of para-hydroxylation sites is 1. The van der Waals surface area contributed by atoms with Crippen molar-refractivity contribution in [2.24, 2.45) is 18.4 Å². The first-order chi connectivity index (χ1) is 26.6. The molecule has 0 bridgehead atoms. The molecule has 3 aliphatic rings. The molecule has 3 aromatic carbocycles. The number of nitrogens with zero attached hydrogens (tertiary/aromatic N) is 6. The lowest BCUT2D eigenvalue weighted by molar-refractivity contribution is -0.0579. The summed E-state index contributed by atoms with van der Waals surface area (Å²) in [6, 6.07) is 30.8. The molecular formula is C45H54N6O4. The van der Waals surface area contributed by atoms with Gasteiger partial charge in [-0.3, -0.25) is 4.68 Å². The molecule has 0 aliphatic carbocycles. The Hall–Kier alpha value is -5.09. The van der Waals surface area contributed by atoms with Gasteiger partial charge in [-0.25, -0.2) is 4.79 Å². The molecule has 8 rings (SSSR count). The third kappa shape index (κ3) is 8.44. The number of rotatable bonds is 10. The van der Waals surface area contributed by atoms with Crippen LogP contribution in [-0.4, -0.2) is 82.1 Å². The number of likely N-dealkylation sites (tertiary alicyclic amines) is 2. The Kier molecular flexibility index (Phi) is 10.4. The van der Waals surface area contributed by atoms with E-state index in [2.05, 4.69) is 40.1 Å². The van der Waals surface area contributed by atoms with Gasteiger partial charge < -0.3 is 28.9 Å². The molecule has 10 nitrogen and oxygen atoms in total. The van der Waals surface area contributed by atoms with Crippen LogP contribution in [0.5, 0.6) is 11.8 Å². The number of carbonyl (C=O) groups is 1. The maximum Gasteiger partial charge on any atom is 0.410 e. The standard InChI is InChI=1S/C45H54N6O4/c1-44(2,3)55-43(52)51-26-22-45(23-27-51)31-49(32-45)28-33-20-24-50(25-21-33)38-17-11-16-36-40(47-48(4)41(36)38)37-18-19-39(53-29-34-12-7-5-8-13-34)46-42(37)54-30-35-14-9-6-10-15-35/h5-19,33H,20-32H2,1-4H3. The van der Waals surface area contributed by atoms with Gasteiger partial charge in [0.05, 0.1) is 16.8 Å². The lowest BCUT2D eigenvalue weighted by Gasteiger charge is -2.55. The van der Waals surface area contributed by atoms with Crippen molar-refractivity contribution in [3.05, 3.63) is 102 Å². The summed E-state index contributed by atoms with van der Waals surface area (Å²) in [6.07, 6.45) is 4.31. The topological polar surface area (TPSA) is 85.2 Å². The number of carbonyl (C=O) groups excluding carboxylic acids is 1. The highest BCUT2D eigenvalue weighted by molar-refractivity contribution is 6.01. The third-order valence-corrected chi connectivity index (χ3v) is 11.4. The SMILES string of the molecule is Cn1nc(-c2ccc(OCc3ccccc3)nc2OCc2ccccc2)c2cccc(N3CCC(CN4CC5(CCN(C(=O)OC(C)(C)C)CC5)C4)CC3)c21. The molecule has 3 aliphatic heterocycles. The minimum atomic E-state index is -0.450. The van der Waals surface area contributed by atoms with E-state index in [1.54, 1.807) is 0 Å². The lowest BCUT2D eigenvalue weighted by atomic mass is 9.71. The molecule has 5 heterocycles. The first kappa shape index (κ1) is 36.9. The summed E-state index contributed by atoms with van der Waals surface area (Å²) in [4.78, 5) is 24.5. The van der Waals surface area contributed by atoms with Crippen molar-refractivity contribution < 1.29 is 19.0 Å². The van der Waals surface area contributed by atoms with Crippen molar-refractivity contribution in [3.63, 3.8) is 0 Å². The zero-order valence-electron chi connectivity index (χ0n) is 32.7. The van der Waals surface area contributed by atoms with Crippen LogP contribution in [0.3, 0.4) is 0 Å². The Balaban J connectivity index is 0.922. The molecular weight excluding hydrogens is 689 g/mol. The molecule has 288 valence electrons. The molecule has 1 amide bonds. The normalized spacial score (nSPS) is 17.7. The Morgan fingerprint density at radius 1 is 0.800 bits per heavy atom. The molecule has 0 saturated carbocycles. The summed E-state index contributed by atoms with van der Waals surface area (Å²) in [5.74, 6) is 1.70. The van der Waals surface area contributed by atoms with Crippen molar-refractivity contribution >= 4 is 22.7 Å². The average Bonchev–Trinajstić information content (AvgIpc) is 3.52. The minimum absolute atomic E-state index is 0.170. The van der Waals surface area contributed by atoms with E-state index in [1.807, 2.05) is 98.1 Å². The van der Waals surface area contributed by atoms with E-state index < -0.39 is 5.60 Å². The van der Waals surface area contributed by atoms with Crippen molar-refractivity contribution in [3.8, 4) is 23.0 Å². The van der Waals surface area contributed by atoms with E-state index in [0.29, 0.717) is 36.3 Å². The summed E-state index contributed by atoms with van der Waals surface area (Å²) in [5.41, 5.74) is 6.09. The van der Waals surface area contributed by atoms with E-state index >= 15 is 0 Å². The number of aryl methyl sites for hydroxylation is 1. The zero-order chi connectivity index (χ0) is 38.0. The van der Waals surface area contributed by atoms with E-state index in [4.69, 9.17) is 24.3 Å². The Morgan fingerprint density at radius 2 is 1.45 bits per heavy atom. The summed E-state index contributed by atoms with van der Waals surface area (Å²) in [6.45, 7) is 13.7. The number of benzene rings is 3. The van der Waals surface area contributed by atoms with Crippen LogP contribution in [0.25, 0.3) is 22.2 Å². The van der Waals surface area contributed by atoms with Gasteiger partial charge in [0, 0.05) is 64.3 Å². The second-order valence-corrected chi connectivity index (χ2v) is 16.8. The summed E-state index contributed by atoms with van der Waals surface area (Å²) in [7, 11) is 2.04. The molecule has 0 radical (unpaired) electrons. The van der Waals surface area contributed by atoms with Crippen LogP contribution in [0.4, 0.5) is 10.5 Å². The van der Waals surface area contributed by atoms with Crippen LogP contribution in [0.15, 0.2) is 91.0 Å². The van der Waals surface area contributed by atoms with Gasteiger partial charge in [-0.15, -0.1) is 0 Å². The Labute approximate surface area is 325 Å². The highest BCUT2D eigenvalue weighted by atomic mass is 16.6. The third-order valence-electron chi connectivity index (χ3n) is 11.4. The van der Waals surface area contributed by atoms with Crippen LogP contribution >= 0.6 is 0 Å². The monoisotopic (exact) mass is 742 g/mol. The van der Waals surface area contributed by atoms with Crippen LogP contribution in [0.2, 0.25) is 0 Å². The van der Waals surface area contributed by atoms with Crippen LogP contribution in [0.1, 0.15) is 57.6 Å². The van der Waals surface area contributed by atoms with Gasteiger partial charge in [-0.2, -0.15) is 10.1 Å². The number of amides is 1. The fraction of sp³-hybridized carbons (Fsp3) is 0.444. The van der Waals surface area contributed by atoms with Crippen LogP contribution < -0.4 is 14.4 Å². The summed E-state index contributed by atoms with van der Waals surface area (Å²) in [5, 5.41) is 6.17. The van der Waals surface area contributed by atoms with Crippen molar-refractivity contribution in [1.29, 1.82) is 0 Å². The first-order valence-corrected chi connectivity index (χ1v) is 19.9. The molecule has 3 saturated heterocycles. The van der Waals surface area contributed by atoms with Gasteiger partial charge in [0.1, 0.15) is 24.5 Å². The summed E-state index contributed by atoms with van der Waals surface area (Å²) >= 11 is 0. The van der Waals surface area contributed by atoms with E-state index in [-0.39, 0.29) is 6.09 Å². The quantitative estimate of drug-likeness (QED) is 0.141. The molecule has 3 fully saturated rings. The summed E-state index contributed by atoms with van der Waals surface area (Å²) < 4.78 is 20.2. The smallest absolute Gasteiger partial charge is 0.410 e. The van der Waals surface area contributed by atoms with Crippen molar-refractivity contribution in [1.82, 2.24) is 24.6 Å². The first-order valence-electron chi connectivity index (χ1n) is 19.9. The second kappa shape index (κ2) is 15.6. The largest absolute Gasteiger partial charge is 0.473 e. The van der Waals surface area contributed by atoms with E-state index in [1.165, 1.54) is 18.5 Å². The second-order valence-electron chi connectivity index (χ2n) is 16.8. The zero-order valence-corrected chi connectivity index (χ0v) is 32.7. The number of piperidine rings is 2. The van der Waals surface area contributed by atoms with E-state index in [9.17, 15) is 4.79 Å². The molecule has 10 heteroatoms. The van der Waals surface area contributed by atoms with E-state index in [0.717, 1.165) is 91.9 Å². The van der Waals surface area contributed by atoms with Gasteiger partial charge in [0.25, 0.3) is 0 Å². The minimum Gasteiger partial charge on any atom is -0.473 e. The predicted octanol–water partition coefficient (Wildman–Crippen LogP) is 8.34. The maximum absolute atomic E-state index is 12.6. The molecule has 0 N–H and O–H groups in total. The molecule has 5 aromatic rings. The number of pyridine rings is 1. The predicted molar refractivity (Wildman–Crippen MR) is 216 cm³/mol.